The zero-order chi connectivity index (χ0) is 32.6. The summed E-state index contributed by atoms with van der Waals surface area (Å²) in [5.41, 5.74) is -2.48. The minimum absolute atomic E-state index is 0.0523. The molecule has 2 heterocycles. The molecule has 1 aromatic heterocycles. The Balaban J connectivity index is 1.72. The summed E-state index contributed by atoms with van der Waals surface area (Å²) in [4.78, 5) is 53.0. The van der Waals surface area contributed by atoms with Crippen LogP contribution in [0.4, 0.5) is 18.4 Å². The number of nitrogens with zero attached hydrogens (tertiary/aromatic N) is 2. The van der Waals surface area contributed by atoms with E-state index in [0.717, 1.165) is 18.9 Å². The number of alkyl carbamates (subject to hydrolysis) is 1. The van der Waals surface area contributed by atoms with Crippen LogP contribution in [0.15, 0.2) is 23.1 Å². The summed E-state index contributed by atoms with van der Waals surface area (Å²) in [6.45, 7) is 12.4. The molecule has 1 aromatic carbocycles. The van der Waals surface area contributed by atoms with Crippen molar-refractivity contribution in [2.24, 2.45) is 0 Å². The molecule has 2 amide bonds. The average Bonchev–Trinajstić information content (AvgIpc) is 3.66. The Morgan fingerprint density at radius 2 is 1.70 bits per heavy atom. The van der Waals surface area contributed by atoms with Gasteiger partial charge in [0.15, 0.2) is 11.6 Å². The van der Waals surface area contributed by atoms with Crippen LogP contribution in [-0.2, 0) is 14.2 Å². The van der Waals surface area contributed by atoms with Gasteiger partial charge in [0.05, 0.1) is 29.6 Å². The van der Waals surface area contributed by atoms with Crippen LogP contribution in [0.1, 0.15) is 96.1 Å². The van der Waals surface area contributed by atoms with Crippen LogP contribution in [0.5, 0.6) is 0 Å². The lowest BCUT2D eigenvalue weighted by Crippen LogP contribution is -2.48. The van der Waals surface area contributed by atoms with Gasteiger partial charge < -0.3 is 29.0 Å². The molecule has 2 aromatic rings. The number of hydrogen-bond donors (Lipinski definition) is 1. The predicted molar refractivity (Wildman–Crippen MR) is 161 cm³/mol. The highest BCUT2D eigenvalue weighted by Crippen LogP contribution is 2.39. The third-order valence-corrected chi connectivity index (χ3v) is 7.22. The molecule has 10 nitrogen and oxygen atoms in total. The van der Waals surface area contributed by atoms with Crippen molar-refractivity contribution in [2.75, 3.05) is 13.2 Å². The number of likely N-dealkylation sites (tertiary alicyclic amines) is 1. The van der Waals surface area contributed by atoms with E-state index in [1.807, 2.05) is 0 Å². The Kier molecular flexibility index (Phi) is 9.41. The lowest BCUT2D eigenvalue weighted by Gasteiger charge is -2.30. The van der Waals surface area contributed by atoms with Gasteiger partial charge in [-0.3, -0.25) is 4.79 Å². The monoisotopic (exact) mass is 617 g/mol. The Hall–Kier alpha value is -3.96. The fraction of sp³-hybridized carbons (Fsp3) is 0.562. The minimum atomic E-state index is -1.24. The molecule has 2 aliphatic rings. The highest BCUT2D eigenvalue weighted by molar-refractivity contribution is 5.96. The van der Waals surface area contributed by atoms with Crippen molar-refractivity contribution in [3.8, 4) is 0 Å². The molecule has 1 aliphatic heterocycles. The largest absolute Gasteiger partial charge is 0.462 e. The Morgan fingerprint density at radius 3 is 2.30 bits per heavy atom. The number of carbonyl (C=O) groups is 3. The summed E-state index contributed by atoms with van der Waals surface area (Å²) >= 11 is 0. The summed E-state index contributed by atoms with van der Waals surface area (Å²) in [7, 11) is 0. The number of benzene rings is 1. The normalized spacial score (nSPS) is 19.0. The van der Waals surface area contributed by atoms with E-state index in [1.165, 1.54) is 17.2 Å². The van der Waals surface area contributed by atoms with E-state index in [0.29, 0.717) is 13.0 Å². The number of carbonyl (C=O) groups excluding carboxylic acids is 3. The molecule has 0 spiro atoms. The molecule has 2 fully saturated rings. The van der Waals surface area contributed by atoms with E-state index < -0.39 is 58.5 Å². The van der Waals surface area contributed by atoms with E-state index in [1.54, 1.807) is 59.1 Å². The lowest BCUT2D eigenvalue weighted by atomic mass is 10.0. The van der Waals surface area contributed by atoms with Gasteiger partial charge in [0, 0.05) is 24.3 Å². The zero-order valence-electron chi connectivity index (χ0n) is 26.3. The number of pyridine rings is 1. The van der Waals surface area contributed by atoms with Gasteiger partial charge in [0.1, 0.15) is 16.8 Å². The summed E-state index contributed by atoms with van der Waals surface area (Å²) in [5.74, 6) is -3.22. The molecule has 2 atom stereocenters. The first-order valence-electron chi connectivity index (χ1n) is 14.9. The number of nitrogens with one attached hydrogen (secondary N) is 1. The molecule has 240 valence electrons. The van der Waals surface area contributed by atoms with Gasteiger partial charge in [-0.15, -0.1) is 0 Å². The summed E-state index contributed by atoms with van der Waals surface area (Å²) < 4.78 is 48.0. The van der Waals surface area contributed by atoms with E-state index in [4.69, 9.17) is 14.2 Å². The topological polar surface area (TPSA) is 116 Å². The van der Waals surface area contributed by atoms with E-state index >= 15 is 4.39 Å². The van der Waals surface area contributed by atoms with Crippen LogP contribution < -0.4 is 10.7 Å². The number of ether oxygens (including phenoxy) is 3. The standard InChI is InChI=1S/C32H41F2N3O7/c1-8-42-28(39)21-17-37(18-12-13-18)26-19(25(34)22(33)16-20(26)27(21)38)10-9-11-24-23(35-29(40)43-31(2,3)4)14-15-36(24)30(41)44-32(5,6)7/h9-10,16-18,23-24H,8,11-15H2,1-7H3,(H,35,40)/b10-9-/t23-,24+/m0/s1. The SMILES string of the molecule is CCOC(=O)c1cn(C2CC2)c2c(/C=C\C[C@@H]3[C@@H](NC(=O)OC(C)(C)C)CCN3C(=O)OC(C)(C)C)c(F)c(F)cc2c1=O. The Bertz CT molecular complexity index is 1530. The first-order chi connectivity index (χ1) is 20.5. The van der Waals surface area contributed by atoms with Gasteiger partial charge in [-0.2, -0.15) is 0 Å². The van der Waals surface area contributed by atoms with E-state index in [9.17, 15) is 23.6 Å². The molecule has 1 saturated heterocycles. The molecular formula is C32H41F2N3O7. The molecule has 1 aliphatic carbocycles. The maximum atomic E-state index is 15.4. The van der Waals surface area contributed by atoms with E-state index in [2.05, 4.69) is 5.32 Å². The second-order valence-electron chi connectivity index (χ2n) is 13.1. The van der Waals surface area contributed by atoms with Crippen molar-refractivity contribution in [1.82, 2.24) is 14.8 Å². The molecule has 0 radical (unpaired) electrons. The first kappa shape index (κ1) is 32.9. The van der Waals surface area contributed by atoms with Crippen LogP contribution in [0.2, 0.25) is 0 Å². The fourth-order valence-corrected chi connectivity index (χ4v) is 5.29. The highest BCUT2D eigenvalue weighted by atomic mass is 19.2. The Morgan fingerprint density at radius 1 is 1.05 bits per heavy atom. The average molecular weight is 618 g/mol. The Labute approximate surface area is 255 Å². The van der Waals surface area contributed by atoms with Gasteiger partial charge in [0.2, 0.25) is 5.43 Å². The maximum Gasteiger partial charge on any atom is 0.410 e. The molecule has 0 unspecified atom stereocenters. The number of halogens is 2. The summed E-state index contributed by atoms with van der Waals surface area (Å²) in [5, 5.41) is 2.69. The molecule has 1 saturated carbocycles. The molecule has 4 rings (SSSR count). The van der Waals surface area contributed by atoms with Gasteiger partial charge in [0.25, 0.3) is 0 Å². The van der Waals surface area contributed by atoms with Crippen molar-refractivity contribution in [3.05, 3.63) is 51.3 Å². The van der Waals surface area contributed by atoms with Crippen LogP contribution in [0, 0.1) is 11.6 Å². The third kappa shape index (κ3) is 7.57. The van der Waals surface area contributed by atoms with Crippen molar-refractivity contribution < 1.29 is 37.4 Å². The number of fused-ring (bicyclic) bond motifs is 1. The van der Waals surface area contributed by atoms with Gasteiger partial charge in [-0.25, -0.2) is 23.2 Å². The molecule has 12 heteroatoms. The van der Waals surface area contributed by atoms with Gasteiger partial charge in [-0.05, 0) is 80.2 Å². The van der Waals surface area contributed by atoms with Crippen LogP contribution in [0.3, 0.4) is 0 Å². The third-order valence-electron chi connectivity index (χ3n) is 7.22. The quantitative estimate of drug-likeness (QED) is 0.295. The van der Waals surface area contributed by atoms with Crippen molar-refractivity contribution in [2.45, 2.75) is 103 Å². The second kappa shape index (κ2) is 12.6. The predicted octanol–water partition coefficient (Wildman–Crippen LogP) is 6.10. The molecule has 44 heavy (non-hydrogen) atoms. The summed E-state index contributed by atoms with van der Waals surface area (Å²) in [6, 6.07) is -0.373. The number of amides is 2. The minimum Gasteiger partial charge on any atom is -0.462 e. The highest BCUT2D eigenvalue weighted by Gasteiger charge is 2.40. The van der Waals surface area contributed by atoms with Gasteiger partial charge >= 0.3 is 18.2 Å². The van der Waals surface area contributed by atoms with Crippen LogP contribution in [-0.4, -0.2) is 64.1 Å². The smallest absolute Gasteiger partial charge is 0.410 e. The first-order valence-corrected chi connectivity index (χ1v) is 14.9. The number of rotatable bonds is 7. The van der Waals surface area contributed by atoms with Crippen molar-refractivity contribution >= 4 is 35.1 Å². The summed E-state index contributed by atoms with van der Waals surface area (Å²) in [6.07, 6.45) is 5.15. The molecular weight excluding hydrogens is 576 g/mol. The molecule has 1 N–H and O–H groups in total. The molecule has 0 bridgehead atoms. The van der Waals surface area contributed by atoms with Crippen molar-refractivity contribution in [3.63, 3.8) is 0 Å². The fourth-order valence-electron chi connectivity index (χ4n) is 5.29. The zero-order valence-corrected chi connectivity index (χ0v) is 26.3. The maximum absolute atomic E-state index is 15.4. The van der Waals surface area contributed by atoms with Gasteiger partial charge in [-0.1, -0.05) is 12.2 Å². The lowest BCUT2D eigenvalue weighted by molar-refractivity contribution is 0.0204. The second-order valence-corrected chi connectivity index (χ2v) is 13.1. The van der Waals surface area contributed by atoms with Crippen LogP contribution >= 0.6 is 0 Å². The number of esters is 1. The van der Waals surface area contributed by atoms with E-state index in [-0.39, 0.29) is 41.1 Å². The van der Waals surface area contributed by atoms with Crippen LogP contribution in [0.25, 0.3) is 17.0 Å². The number of aromatic nitrogens is 1. The number of hydrogen-bond acceptors (Lipinski definition) is 7. The van der Waals surface area contributed by atoms with Crippen molar-refractivity contribution in [1.29, 1.82) is 0 Å².